The van der Waals surface area contributed by atoms with Crippen LogP contribution in [0.2, 0.25) is 0 Å². The van der Waals surface area contributed by atoms with Gasteiger partial charge in [0.25, 0.3) is 5.91 Å². The van der Waals surface area contributed by atoms with Crippen molar-refractivity contribution in [1.29, 1.82) is 0 Å². The summed E-state index contributed by atoms with van der Waals surface area (Å²) in [5, 5.41) is 11.5. The van der Waals surface area contributed by atoms with Gasteiger partial charge in [-0.3, -0.25) is 19.2 Å². The zero-order chi connectivity index (χ0) is 28.2. The van der Waals surface area contributed by atoms with E-state index in [1.165, 1.54) is 0 Å². The summed E-state index contributed by atoms with van der Waals surface area (Å²) in [4.78, 5) is 53.0. The number of carbonyl (C=O) groups is 4. The van der Waals surface area contributed by atoms with Crippen LogP contribution < -0.4 is 26.0 Å². The van der Waals surface area contributed by atoms with Crippen molar-refractivity contribution in [2.24, 2.45) is 0 Å². The molecule has 0 saturated heterocycles. The highest BCUT2D eigenvalue weighted by molar-refractivity contribution is 6.01. The predicted octanol–water partition coefficient (Wildman–Crippen LogP) is 3.03. The highest BCUT2D eigenvalue weighted by atomic mass is 16.5. The molecule has 9 heteroatoms. The molecule has 0 radical (unpaired) electrons. The minimum absolute atomic E-state index is 0.0210. The van der Waals surface area contributed by atoms with Gasteiger partial charge in [0, 0.05) is 19.0 Å². The summed E-state index contributed by atoms with van der Waals surface area (Å²) in [5.74, 6) is -1.22. The number of hydrogen-bond acceptors (Lipinski definition) is 5. The first-order chi connectivity index (χ1) is 19.5. The van der Waals surface area contributed by atoms with Crippen molar-refractivity contribution in [3.8, 4) is 5.75 Å². The zero-order valence-electron chi connectivity index (χ0n) is 23.0. The predicted molar refractivity (Wildman–Crippen MR) is 152 cm³/mol. The maximum atomic E-state index is 13.3. The molecule has 1 aliphatic carbocycles. The molecule has 2 atom stereocenters. The molecule has 0 spiro atoms. The number of para-hydroxylation sites is 1. The molecular weight excluding hydrogens is 508 g/mol. The third-order valence-electron chi connectivity index (χ3n) is 7.41. The van der Waals surface area contributed by atoms with Gasteiger partial charge < -0.3 is 26.0 Å². The Morgan fingerprint density at radius 3 is 2.38 bits per heavy atom. The number of ether oxygens (including phenoxy) is 1. The Hall–Kier alpha value is -3.88. The lowest BCUT2D eigenvalue weighted by atomic mass is 10.0. The van der Waals surface area contributed by atoms with E-state index < -0.39 is 29.8 Å². The van der Waals surface area contributed by atoms with E-state index >= 15 is 0 Å². The Balaban J connectivity index is 1.55. The second-order valence-corrected chi connectivity index (χ2v) is 10.6. The van der Waals surface area contributed by atoms with Crippen molar-refractivity contribution < 1.29 is 23.9 Å². The van der Waals surface area contributed by atoms with E-state index in [4.69, 9.17) is 4.74 Å². The second kappa shape index (κ2) is 15.1. The van der Waals surface area contributed by atoms with E-state index in [1.54, 1.807) is 24.3 Å². The quantitative estimate of drug-likeness (QED) is 0.467. The maximum Gasteiger partial charge on any atom is 0.255 e. The number of fused-ring (bicyclic) bond motifs is 1. The minimum atomic E-state index is -1.11. The van der Waals surface area contributed by atoms with Crippen LogP contribution in [-0.4, -0.2) is 54.9 Å². The van der Waals surface area contributed by atoms with Crippen molar-refractivity contribution in [1.82, 2.24) is 21.3 Å². The Kier molecular flexibility index (Phi) is 11.0. The SMILES string of the molecule is O=C1C[C@@H](C(=O)NC2CCCC2)NC(=O)c2ccccc2OCCCCCCNC(=O)[C@H](Cc2ccccc2)N1. The van der Waals surface area contributed by atoms with Crippen LogP contribution in [0.1, 0.15) is 73.7 Å². The lowest BCUT2D eigenvalue weighted by Crippen LogP contribution is -2.53. The van der Waals surface area contributed by atoms with Crippen LogP contribution in [0.15, 0.2) is 54.6 Å². The summed E-state index contributed by atoms with van der Waals surface area (Å²) < 4.78 is 5.91. The van der Waals surface area contributed by atoms with Crippen LogP contribution in [0.3, 0.4) is 0 Å². The van der Waals surface area contributed by atoms with Gasteiger partial charge in [0.05, 0.1) is 18.6 Å². The fourth-order valence-electron chi connectivity index (χ4n) is 5.19. The molecule has 4 rings (SSSR count). The average Bonchev–Trinajstić information content (AvgIpc) is 3.47. The van der Waals surface area contributed by atoms with Gasteiger partial charge in [-0.15, -0.1) is 0 Å². The number of benzene rings is 2. The lowest BCUT2D eigenvalue weighted by Gasteiger charge is -2.23. The van der Waals surface area contributed by atoms with Crippen LogP contribution in [0, 0.1) is 0 Å². The number of carbonyl (C=O) groups excluding carboxylic acids is 4. The molecule has 2 aliphatic rings. The maximum absolute atomic E-state index is 13.3. The van der Waals surface area contributed by atoms with Gasteiger partial charge in [-0.2, -0.15) is 0 Å². The summed E-state index contributed by atoms with van der Waals surface area (Å²) >= 11 is 0. The summed E-state index contributed by atoms with van der Waals surface area (Å²) in [6.45, 7) is 0.954. The standard InChI is InChI=1S/C31H40N4O5/c36-28-21-26(31(39)33-23-14-6-7-15-23)35-29(37)24-16-8-9-17-27(24)40-19-11-2-1-10-18-32-30(38)25(34-28)20-22-12-4-3-5-13-22/h3-5,8-9,12-13,16-17,23,25-26H,1-2,6-7,10-11,14-15,18-21H2,(H,32,38)(H,33,39)(H,34,36)(H,35,37)/t25-,26-/m0/s1. The average molecular weight is 549 g/mol. The molecule has 4 N–H and O–H groups in total. The monoisotopic (exact) mass is 548 g/mol. The van der Waals surface area contributed by atoms with Gasteiger partial charge >= 0.3 is 0 Å². The van der Waals surface area contributed by atoms with Gasteiger partial charge in [0.15, 0.2) is 0 Å². The van der Waals surface area contributed by atoms with Crippen LogP contribution in [0.4, 0.5) is 0 Å². The molecule has 0 aromatic heterocycles. The van der Waals surface area contributed by atoms with E-state index in [9.17, 15) is 19.2 Å². The van der Waals surface area contributed by atoms with Gasteiger partial charge in [-0.25, -0.2) is 0 Å². The summed E-state index contributed by atoms with van der Waals surface area (Å²) in [7, 11) is 0. The molecule has 0 unspecified atom stereocenters. The van der Waals surface area contributed by atoms with Gasteiger partial charge in [0.2, 0.25) is 17.7 Å². The van der Waals surface area contributed by atoms with Crippen molar-refractivity contribution in [2.75, 3.05) is 13.2 Å². The number of nitrogens with one attached hydrogen (secondary N) is 4. The molecule has 9 nitrogen and oxygen atoms in total. The number of rotatable bonds is 4. The second-order valence-electron chi connectivity index (χ2n) is 10.6. The van der Waals surface area contributed by atoms with E-state index in [-0.39, 0.29) is 18.4 Å². The van der Waals surface area contributed by atoms with Gasteiger partial charge in [-0.05, 0) is 43.4 Å². The van der Waals surface area contributed by atoms with E-state index in [2.05, 4.69) is 21.3 Å². The summed E-state index contributed by atoms with van der Waals surface area (Å²) in [6, 6.07) is 14.5. The summed E-state index contributed by atoms with van der Waals surface area (Å²) in [5.41, 5.74) is 1.22. The molecule has 214 valence electrons. The molecule has 40 heavy (non-hydrogen) atoms. The van der Waals surface area contributed by atoms with Crippen molar-refractivity contribution >= 4 is 23.6 Å². The van der Waals surface area contributed by atoms with Gasteiger partial charge in [0.1, 0.15) is 17.8 Å². The first-order valence-corrected chi connectivity index (χ1v) is 14.4. The molecule has 0 bridgehead atoms. The van der Waals surface area contributed by atoms with Crippen molar-refractivity contribution in [3.63, 3.8) is 0 Å². The Morgan fingerprint density at radius 2 is 1.57 bits per heavy atom. The molecule has 1 saturated carbocycles. The molecular formula is C31H40N4O5. The zero-order valence-corrected chi connectivity index (χ0v) is 23.0. The number of amides is 4. The fraction of sp³-hybridized carbons (Fsp3) is 0.484. The van der Waals surface area contributed by atoms with E-state index in [1.807, 2.05) is 30.3 Å². The van der Waals surface area contributed by atoms with Crippen molar-refractivity contribution in [2.45, 2.75) is 82.3 Å². The lowest BCUT2D eigenvalue weighted by molar-refractivity contribution is -0.131. The molecule has 2 aromatic carbocycles. The first kappa shape index (κ1) is 29.1. The largest absolute Gasteiger partial charge is 0.493 e. The molecule has 1 fully saturated rings. The van der Waals surface area contributed by atoms with E-state index in [0.717, 1.165) is 56.9 Å². The Morgan fingerprint density at radius 1 is 0.850 bits per heavy atom. The Bertz CT molecular complexity index is 1150. The van der Waals surface area contributed by atoms with E-state index in [0.29, 0.717) is 30.9 Å². The topological polar surface area (TPSA) is 126 Å². The fourth-order valence-corrected chi connectivity index (χ4v) is 5.19. The third kappa shape index (κ3) is 8.83. The molecule has 1 heterocycles. The van der Waals surface area contributed by atoms with Crippen LogP contribution >= 0.6 is 0 Å². The first-order valence-electron chi connectivity index (χ1n) is 14.4. The van der Waals surface area contributed by atoms with Crippen LogP contribution in [0.5, 0.6) is 5.75 Å². The minimum Gasteiger partial charge on any atom is -0.493 e. The highest BCUT2D eigenvalue weighted by Gasteiger charge is 2.30. The molecule has 1 aliphatic heterocycles. The highest BCUT2D eigenvalue weighted by Crippen LogP contribution is 2.20. The molecule has 2 aromatic rings. The summed E-state index contributed by atoms with van der Waals surface area (Å²) in [6.07, 6.45) is 7.26. The third-order valence-corrected chi connectivity index (χ3v) is 7.41. The van der Waals surface area contributed by atoms with Crippen LogP contribution in [0.25, 0.3) is 0 Å². The number of hydrogen-bond donors (Lipinski definition) is 4. The molecule has 4 amide bonds. The van der Waals surface area contributed by atoms with Crippen LogP contribution in [-0.2, 0) is 20.8 Å². The normalized spacial score (nSPS) is 21.9. The smallest absolute Gasteiger partial charge is 0.255 e. The van der Waals surface area contributed by atoms with Crippen molar-refractivity contribution in [3.05, 3.63) is 65.7 Å². The van der Waals surface area contributed by atoms with Gasteiger partial charge in [-0.1, -0.05) is 68.1 Å². The Labute approximate surface area is 235 Å².